The summed E-state index contributed by atoms with van der Waals surface area (Å²) in [5.41, 5.74) is 5.63. The molecule has 0 atom stereocenters. The summed E-state index contributed by atoms with van der Waals surface area (Å²) >= 11 is 0. The van der Waals surface area contributed by atoms with Crippen molar-refractivity contribution in [3.63, 3.8) is 0 Å². The molecule has 0 amide bonds. The second-order valence-electron chi connectivity index (χ2n) is 3.80. The summed E-state index contributed by atoms with van der Waals surface area (Å²) in [6.07, 6.45) is 0. The topological polar surface area (TPSA) is 29.3 Å². The van der Waals surface area contributed by atoms with Crippen LogP contribution in [-0.2, 0) is 0 Å². The second kappa shape index (κ2) is 4.67. The van der Waals surface area contributed by atoms with Gasteiger partial charge >= 0.3 is 0 Å². The molecule has 2 N–H and O–H groups in total. The third-order valence-electron chi connectivity index (χ3n) is 1.72. The number of alkyl halides is 1. The van der Waals surface area contributed by atoms with Crippen molar-refractivity contribution < 1.29 is 4.39 Å². The van der Waals surface area contributed by atoms with Gasteiger partial charge in [0.15, 0.2) is 0 Å². The van der Waals surface area contributed by atoms with Gasteiger partial charge in [-0.1, -0.05) is 13.8 Å². The average molecular weight is 162 g/mol. The quantitative estimate of drug-likeness (QED) is 0.650. The van der Waals surface area contributed by atoms with Crippen LogP contribution in [0.25, 0.3) is 0 Å². The van der Waals surface area contributed by atoms with Crippen molar-refractivity contribution in [2.75, 3.05) is 33.4 Å². The zero-order valence-electron chi connectivity index (χ0n) is 7.73. The standard InChI is InChI=1S/C8H19FN2/c1-8(2,6-10)7-11(3)5-4-9/h4-7,10H2,1-3H3. The Hall–Kier alpha value is -0.150. The molecular weight excluding hydrogens is 143 g/mol. The predicted molar refractivity (Wildman–Crippen MR) is 46.3 cm³/mol. The van der Waals surface area contributed by atoms with Gasteiger partial charge in [0.2, 0.25) is 0 Å². The Morgan fingerprint density at radius 2 is 2.00 bits per heavy atom. The van der Waals surface area contributed by atoms with E-state index in [0.717, 1.165) is 6.54 Å². The van der Waals surface area contributed by atoms with Gasteiger partial charge in [0.1, 0.15) is 6.67 Å². The molecule has 2 nitrogen and oxygen atoms in total. The molecule has 3 heteroatoms. The number of nitrogens with zero attached hydrogens (tertiary/aromatic N) is 1. The van der Waals surface area contributed by atoms with Crippen LogP contribution in [0, 0.1) is 5.41 Å². The van der Waals surface area contributed by atoms with E-state index < -0.39 is 0 Å². The highest BCUT2D eigenvalue weighted by Gasteiger charge is 2.17. The number of nitrogens with two attached hydrogens (primary N) is 1. The summed E-state index contributed by atoms with van der Waals surface area (Å²) in [7, 11) is 1.91. The fourth-order valence-electron chi connectivity index (χ4n) is 1.02. The van der Waals surface area contributed by atoms with E-state index in [9.17, 15) is 4.39 Å². The summed E-state index contributed by atoms with van der Waals surface area (Å²) < 4.78 is 11.8. The maximum Gasteiger partial charge on any atom is 0.102 e. The maximum atomic E-state index is 11.8. The minimum atomic E-state index is -0.281. The molecule has 0 aliphatic carbocycles. The SMILES string of the molecule is CN(CCF)CC(C)(C)CN. The molecule has 0 fully saturated rings. The van der Waals surface area contributed by atoms with Crippen molar-refractivity contribution in [1.29, 1.82) is 0 Å². The van der Waals surface area contributed by atoms with Crippen molar-refractivity contribution in [2.24, 2.45) is 11.1 Å². The van der Waals surface area contributed by atoms with E-state index in [1.807, 2.05) is 11.9 Å². The second-order valence-corrected chi connectivity index (χ2v) is 3.80. The molecule has 0 bridgehead atoms. The molecule has 0 aliphatic heterocycles. The van der Waals surface area contributed by atoms with Crippen molar-refractivity contribution in [1.82, 2.24) is 4.90 Å². The summed E-state index contributed by atoms with van der Waals surface area (Å²) in [6, 6.07) is 0. The van der Waals surface area contributed by atoms with Crippen LogP contribution in [0.2, 0.25) is 0 Å². The highest BCUT2D eigenvalue weighted by Crippen LogP contribution is 2.13. The molecule has 0 radical (unpaired) electrons. The molecule has 11 heavy (non-hydrogen) atoms. The van der Waals surface area contributed by atoms with Gasteiger partial charge < -0.3 is 10.6 Å². The Kier molecular flexibility index (Phi) is 4.61. The van der Waals surface area contributed by atoms with Crippen LogP contribution >= 0.6 is 0 Å². The van der Waals surface area contributed by atoms with E-state index in [-0.39, 0.29) is 12.1 Å². The normalized spacial score (nSPS) is 12.5. The Morgan fingerprint density at radius 1 is 1.45 bits per heavy atom. The molecule has 0 aromatic rings. The lowest BCUT2D eigenvalue weighted by atomic mass is 9.93. The third-order valence-corrected chi connectivity index (χ3v) is 1.72. The first-order valence-corrected chi connectivity index (χ1v) is 3.96. The minimum Gasteiger partial charge on any atom is -0.330 e. The first kappa shape index (κ1) is 10.8. The van der Waals surface area contributed by atoms with Crippen molar-refractivity contribution in [2.45, 2.75) is 13.8 Å². The number of rotatable bonds is 5. The average Bonchev–Trinajstić information content (AvgIpc) is 1.87. The molecule has 0 saturated carbocycles. The van der Waals surface area contributed by atoms with Crippen LogP contribution < -0.4 is 5.73 Å². The molecule has 0 aromatic carbocycles. The Balaban J connectivity index is 3.64. The smallest absolute Gasteiger partial charge is 0.102 e. The summed E-state index contributed by atoms with van der Waals surface area (Å²) in [4.78, 5) is 1.97. The van der Waals surface area contributed by atoms with Gasteiger partial charge in [0, 0.05) is 13.1 Å². The van der Waals surface area contributed by atoms with Gasteiger partial charge in [-0.15, -0.1) is 0 Å². The molecule has 68 valence electrons. The maximum absolute atomic E-state index is 11.8. The fraction of sp³-hybridized carbons (Fsp3) is 1.00. The number of halogens is 1. The van der Waals surface area contributed by atoms with Crippen molar-refractivity contribution in [3.05, 3.63) is 0 Å². The lowest BCUT2D eigenvalue weighted by Gasteiger charge is -2.28. The van der Waals surface area contributed by atoms with E-state index in [4.69, 9.17) is 5.73 Å². The molecule has 0 aliphatic rings. The Morgan fingerprint density at radius 3 is 2.36 bits per heavy atom. The van der Waals surface area contributed by atoms with Gasteiger partial charge in [0.25, 0.3) is 0 Å². The Bertz CT molecular complexity index is 104. The van der Waals surface area contributed by atoms with E-state index in [0.29, 0.717) is 13.1 Å². The fourth-order valence-corrected chi connectivity index (χ4v) is 1.02. The van der Waals surface area contributed by atoms with Crippen LogP contribution in [0.1, 0.15) is 13.8 Å². The lowest BCUT2D eigenvalue weighted by Crippen LogP contribution is -2.37. The molecule has 0 saturated heterocycles. The van der Waals surface area contributed by atoms with E-state index >= 15 is 0 Å². The van der Waals surface area contributed by atoms with Gasteiger partial charge in [0.05, 0.1) is 0 Å². The van der Waals surface area contributed by atoms with Crippen LogP contribution in [0.5, 0.6) is 0 Å². The summed E-state index contributed by atoms with van der Waals surface area (Å²) in [5, 5.41) is 0. The van der Waals surface area contributed by atoms with Crippen molar-refractivity contribution in [3.8, 4) is 0 Å². The Labute approximate surface area is 68.6 Å². The third kappa shape index (κ3) is 5.16. The molecule has 0 spiro atoms. The van der Waals surface area contributed by atoms with Crippen LogP contribution in [-0.4, -0.2) is 38.3 Å². The minimum absolute atomic E-state index is 0.101. The van der Waals surface area contributed by atoms with Gasteiger partial charge in [-0.05, 0) is 19.0 Å². The molecule has 0 rings (SSSR count). The zero-order chi connectivity index (χ0) is 8.91. The van der Waals surface area contributed by atoms with Crippen LogP contribution in [0.15, 0.2) is 0 Å². The predicted octanol–water partition coefficient (Wildman–Crippen LogP) is 0.873. The van der Waals surface area contributed by atoms with Crippen molar-refractivity contribution >= 4 is 0 Å². The van der Waals surface area contributed by atoms with E-state index in [2.05, 4.69) is 13.8 Å². The molecule has 0 unspecified atom stereocenters. The van der Waals surface area contributed by atoms with E-state index in [1.165, 1.54) is 0 Å². The molecule has 0 aromatic heterocycles. The summed E-state index contributed by atoms with van der Waals surface area (Å²) in [6.45, 7) is 5.89. The van der Waals surface area contributed by atoms with Crippen LogP contribution in [0.4, 0.5) is 4.39 Å². The van der Waals surface area contributed by atoms with Gasteiger partial charge in [-0.25, -0.2) is 4.39 Å². The first-order chi connectivity index (χ1) is 5.02. The number of hydrogen-bond donors (Lipinski definition) is 1. The monoisotopic (exact) mass is 162 g/mol. The van der Waals surface area contributed by atoms with Gasteiger partial charge in [-0.3, -0.25) is 0 Å². The number of hydrogen-bond acceptors (Lipinski definition) is 2. The summed E-state index contributed by atoms with van der Waals surface area (Å²) in [5.74, 6) is 0. The molecular formula is C8H19FN2. The largest absolute Gasteiger partial charge is 0.330 e. The zero-order valence-corrected chi connectivity index (χ0v) is 7.73. The molecule has 0 heterocycles. The van der Waals surface area contributed by atoms with Gasteiger partial charge in [-0.2, -0.15) is 0 Å². The highest BCUT2D eigenvalue weighted by atomic mass is 19.1. The first-order valence-electron chi connectivity index (χ1n) is 3.96. The highest BCUT2D eigenvalue weighted by molar-refractivity contribution is 4.72. The van der Waals surface area contributed by atoms with Crippen LogP contribution in [0.3, 0.4) is 0 Å². The van der Waals surface area contributed by atoms with E-state index in [1.54, 1.807) is 0 Å². The lowest BCUT2D eigenvalue weighted by molar-refractivity contribution is 0.203.